The minimum atomic E-state index is 0.467. The lowest BCUT2D eigenvalue weighted by Crippen LogP contribution is -2.06. The summed E-state index contributed by atoms with van der Waals surface area (Å²) in [6, 6.07) is 9.54. The van der Waals surface area contributed by atoms with Gasteiger partial charge in [0, 0.05) is 10.9 Å². The van der Waals surface area contributed by atoms with Crippen LogP contribution in [0.5, 0.6) is 5.75 Å². The first-order valence-electron chi connectivity index (χ1n) is 7.15. The third kappa shape index (κ3) is 3.14. The van der Waals surface area contributed by atoms with E-state index in [0.717, 1.165) is 27.8 Å². The van der Waals surface area contributed by atoms with E-state index < -0.39 is 0 Å². The second-order valence-electron chi connectivity index (χ2n) is 5.47. The number of thiazole rings is 1. The van der Waals surface area contributed by atoms with E-state index in [4.69, 9.17) is 14.9 Å². The van der Waals surface area contributed by atoms with E-state index in [0.29, 0.717) is 18.2 Å². The van der Waals surface area contributed by atoms with Crippen LogP contribution < -0.4 is 10.5 Å². The number of benzene rings is 1. The topological polar surface area (TPSA) is 61.3 Å². The maximum atomic E-state index is 6.08. The van der Waals surface area contributed by atoms with Gasteiger partial charge in [0.2, 0.25) is 0 Å². The van der Waals surface area contributed by atoms with Crippen LogP contribution in [0.3, 0.4) is 0 Å². The quantitative estimate of drug-likeness (QED) is 0.694. The summed E-state index contributed by atoms with van der Waals surface area (Å²) >= 11 is 1.57. The number of furan rings is 1. The molecule has 4 nitrogen and oxygen atoms in total. The van der Waals surface area contributed by atoms with Crippen LogP contribution in [0.25, 0.3) is 22.0 Å². The van der Waals surface area contributed by atoms with Gasteiger partial charge in [-0.25, -0.2) is 4.98 Å². The highest BCUT2D eigenvalue weighted by molar-refractivity contribution is 7.13. The first-order valence-corrected chi connectivity index (χ1v) is 8.03. The van der Waals surface area contributed by atoms with Crippen molar-refractivity contribution in [1.82, 2.24) is 4.98 Å². The number of aromatic nitrogens is 1. The van der Waals surface area contributed by atoms with E-state index in [9.17, 15) is 0 Å². The molecule has 0 bridgehead atoms. The second kappa shape index (κ2) is 6.23. The van der Waals surface area contributed by atoms with Crippen LogP contribution >= 0.6 is 11.3 Å². The van der Waals surface area contributed by atoms with Crippen molar-refractivity contribution < 1.29 is 9.15 Å². The molecule has 0 aliphatic heterocycles. The Morgan fingerprint density at radius 3 is 2.86 bits per heavy atom. The maximum absolute atomic E-state index is 6.08. The largest absolute Gasteiger partial charge is 0.491 e. The highest BCUT2D eigenvalue weighted by Gasteiger charge is 2.10. The second-order valence-corrected chi connectivity index (χ2v) is 6.33. The molecule has 0 aliphatic carbocycles. The monoisotopic (exact) mass is 314 g/mol. The number of hydrogen-bond acceptors (Lipinski definition) is 5. The Labute approximate surface area is 133 Å². The summed E-state index contributed by atoms with van der Waals surface area (Å²) in [5.74, 6) is 1.96. The van der Waals surface area contributed by atoms with Gasteiger partial charge in [0.1, 0.15) is 16.5 Å². The predicted molar refractivity (Wildman–Crippen MR) is 90.0 cm³/mol. The Bertz CT molecular complexity index is 748. The van der Waals surface area contributed by atoms with E-state index in [1.54, 1.807) is 17.6 Å². The van der Waals surface area contributed by atoms with Crippen LogP contribution in [0, 0.1) is 5.92 Å². The molecule has 0 radical (unpaired) electrons. The summed E-state index contributed by atoms with van der Waals surface area (Å²) in [6.07, 6.45) is 1.65. The summed E-state index contributed by atoms with van der Waals surface area (Å²) in [6.45, 7) is 4.87. The van der Waals surface area contributed by atoms with E-state index in [1.807, 2.05) is 35.7 Å². The minimum absolute atomic E-state index is 0.467. The normalized spacial score (nSPS) is 11.0. The average Bonchev–Trinajstić information content (AvgIpc) is 3.16. The van der Waals surface area contributed by atoms with E-state index in [1.165, 1.54) is 0 Å². The van der Waals surface area contributed by atoms with Gasteiger partial charge in [0.15, 0.2) is 5.76 Å². The van der Waals surface area contributed by atoms with Crippen LogP contribution in [0.2, 0.25) is 0 Å². The lowest BCUT2D eigenvalue weighted by atomic mass is 10.2. The van der Waals surface area contributed by atoms with Crippen molar-refractivity contribution in [3.8, 4) is 27.8 Å². The Kier molecular flexibility index (Phi) is 4.15. The fourth-order valence-electron chi connectivity index (χ4n) is 2.01. The van der Waals surface area contributed by atoms with Gasteiger partial charge in [0.25, 0.3) is 0 Å². The Balaban J connectivity index is 1.82. The van der Waals surface area contributed by atoms with Crippen molar-refractivity contribution in [2.24, 2.45) is 5.92 Å². The van der Waals surface area contributed by atoms with Crippen molar-refractivity contribution >= 4 is 17.0 Å². The van der Waals surface area contributed by atoms with Gasteiger partial charge in [-0.15, -0.1) is 11.3 Å². The molecule has 2 heterocycles. The SMILES string of the molecule is CC(C)COc1ccc(-c2nc(-c3ccco3)cs2)cc1N. The van der Waals surface area contributed by atoms with Gasteiger partial charge in [0.05, 0.1) is 18.6 Å². The van der Waals surface area contributed by atoms with Gasteiger partial charge in [-0.2, -0.15) is 0 Å². The Morgan fingerprint density at radius 2 is 2.18 bits per heavy atom. The standard InChI is InChI=1S/C17H18N2O2S/c1-11(2)9-21-15-6-5-12(8-13(15)18)17-19-14(10-22-17)16-4-3-7-20-16/h3-8,10-11H,9,18H2,1-2H3. The molecule has 3 rings (SSSR count). The van der Waals surface area contributed by atoms with E-state index in [-0.39, 0.29) is 0 Å². The van der Waals surface area contributed by atoms with Crippen LogP contribution in [-0.2, 0) is 0 Å². The zero-order valence-electron chi connectivity index (χ0n) is 12.6. The molecule has 5 heteroatoms. The molecule has 0 amide bonds. The Hall–Kier alpha value is -2.27. The zero-order chi connectivity index (χ0) is 15.5. The van der Waals surface area contributed by atoms with E-state index in [2.05, 4.69) is 18.8 Å². The molecule has 0 saturated carbocycles. The summed E-state index contributed by atoms with van der Waals surface area (Å²) in [5.41, 5.74) is 8.53. The minimum Gasteiger partial charge on any atom is -0.491 e. The Morgan fingerprint density at radius 1 is 1.32 bits per heavy atom. The van der Waals surface area contributed by atoms with Gasteiger partial charge >= 0.3 is 0 Å². The molecular formula is C17H18N2O2S. The molecule has 0 saturated heterocycles. The fourth-order valence-corrected chi connectivity index (χ4v) is 2.82. The van der Waals surface area contributed by atoms with Crippen LogP contribution in [0.1, 0.15) is 13.8 Å². The maximum Gasteiger partial charge on any atom is 0.153 e. The molecule has 114 valence electrons. The number of anilines is 1. The lowest BCUT2D eigenvalue weighted by Gasteiger charge is -2.11. The smallest absolute Gasteiger partial charge is 0.153 e. The molecule has 1 aromatic carbocycles. The number of nitrogens with two attached hydrogens (primary N) is 1. The molecule has 22 heavy (non-hydrogen) atoms. The molecule has 0 atom stereocenters. The molecule has 2 aromatic heterocycles. The summed E-state index contributed by atoms with van der Waals surface area (Å²) in [4.78, 5) is 4.60. The number of nitrogen functional groups attached to an aromatic ring is 1. The van der Waals surface area contributed by atoms with Gasteiger partial charge in [-0.1, -0.05) is 13.8 Å². The van der Waals surface area contributed by atoms with Crippen molar-refractivity contribution in [2.45, 2.75) is 13.8 Å². The molecule has 3 aromatic rings. The van der Waals surface area contributed by atoms with Crippen molar-refractivity contribution in [2.75, 3.05) is 12.3 Å². The van der Waals surface area contributed by atoms with Gasteiger partial charge in [-0.3, -0.25) is 0 Å². The van der Waals surface area contributed by atoms with Crippen LogP contribution in [0.15, 0.2) is 46.4 Å². The summed E-state index contributed by atoms with van der Waals surface area (Å²) < 4.78 is 11.1. The summed E-state index contributed by atoms with van der Waals surface area (Å²) in [5, 5.41) is 2.89. The number of hydrogen-bond donors (Lipinski definition) is 1. The number of nitrogens with zero attached hydrogens (tertiary/aromatic N) is 1. The first kappa shape index (κ1) is 14.7. The van der Waals surface area contributed by atoms with E-state index >= 15 is 0 Å². The fraction of sp³-hybridized carbons (Fsp3) is 0.235. The molecular weight excluding hydrogens is 296 g/mol. The third-order valence-corrected chi connectivity index (χ3v) is 4.00. The highest BCUT2D eigenvalue weighted by Crippen LogP contribution is 2.33. The molecule has 0 fully saturated rings. The summed E-state index contributed by atoms with van der Waals surface area (Å²) in [7, 11) is 0. The van der Waals surface area contributed by atoms with Crippen LogP contribution in [0.4, 0.5) is 5.69 Å². The van der Waals surface area contributed by atoms with Crippen molar-refractivity contribution in [3.63, 3.8) is 0 Å². The molecule has 0 spiro atoms. The highest BCUT2D eigenvalue weighted by atomic mass is 32.1. The molecule has 2 N–H and O–H groups in total. The third-order valence-electron chi connectivity index (χ3n) is 3.11. The lowest BCUT2D eigenvalue weighted by molar-refractivity contribution is 0.272. The van der Waals surface area contributed by atoms with Crippen molar-refractivity contribution in [3.05, 3.63) is 42.0 Å². The zero-order valence-corrected chi connectivity index (χ0v) is 13.4. The predicted octanol–water partition coefficient (Wildman–Crippen LogP) is 4.69. The van der Waals surface area contributed by atoms with Gasteiger partial charge in [-0.05, 0) is 36.2 Å². The molecule has 0 aliphatic rings. The molecule has 0 unspecified atom stereocenters. The average molecular weight is 314 g/mol. The first-order chi connectivity index (χ1) is 10.6. The number of ether oxygens (including phenoxy) is 1. The van der Waals surface area contributed by atoms with Crippen molar-refractivity contribution in [1.29, 1.82) is 0 Å². The van der Waals surface area contributed by atoms with Gasteiger partial charge < -0.3 is 14.9 Å². The van der Waals surface area contributed by atoms with Crippen LogP contribution in [-0.4, -0.2) is 11.6 Å². The number of rotatable bonds is 5.